The van der Waals surface area contributed by atoms with E-state index in [1.807, 2.05) is 25.1 Å². The smallest absolute Gasteiger partial charge is 0.169 e. The number of benzene rings is 1. The van der Waals surface area contributed by atoms with E-state index in [4.69, 9.17) is 11.6 Å². The Hall–Kier alpha value is -1.42. The molecule has 0 saturated carbocycles. The zero-order valence-electron chi connectivity index (χ0n) is 9.92. The van der Waals surface area contributed by atoms with Gasteiger partial charge in [-0.05, 0) is 36.3 Å². The number of rotatable bonds is 4. The third-order valence-electron chi connectivity index (χ3n) is 2.67. The first-order valence-corrected chi connectivity index (χ1v) is 6.08. The normalized spacial score (nSPS) is 14.5. The monoisotopic (exact) mass is 250 g/mol. The Morgan fingerprint density at radius 3 is 2.59 bits per heavy atom. The molecule has 0 radical (unpaired) electrons. The fourth-order valence-electron chi connectivity index (χ4n) is 1.82. The molecule has 0 N–H and O–H groups in total. The number of halogens is 1. The van der Waals surface area contributed by atoms with Crippen molar-refractivity contribution in [2.24, 2.45) is 0 Å². The summed E-state index contributed by atoms with van der Waals surface area (Å²) in [5.41, 5.74) is 1.27. The van der Waals surface area contributed by atoms with Crippen molar-refractivity contribution in [3.05, 3.63) is 41.7 Å². The van der Waals surface area contributed by atoms with Gasteiger partial charge in [0.2, 0.25) is 0 Å². The molecule has 2 aromatic rings. The van der Waals surface area contributed by atoms with Gasteiger partial charge in [0, 0.05) is 0 Å². The van der Waals surface area contributed by atoms with Crippen molar-refractivity contribution in [2.45, 2.75) is 31.7 Å². The minimum atomic E-state index is -0.178. The van der Waals surface area contributed by atoms with Crippen LogP contribution in [0.4, 0.5) is 0 Å². The molecule has 0 saturated heterocycles. The standard InChI is InChI=1S/C12H15ClN4/c1-9(8-11-6-4-3-5-7-11)17-12(10(2)13)14-15-16-17/h3-7,9-10H,8H2,1-2H3. The Labute approximate surface area is 106 Å². The van der Waals surface area contributed by atoms with Crippen LogP contribution in [0.25, 0.3) is 0 Å². The van der Waals surface area contributed by atoms with Crippen LogP contribution in [0.2, 0.25) is 0 Å². The van der Waals surface area contributed by atoms with Crippen molar-refractivity contribution in [1.82, 2.24) is 20.2 Å². The van der Waals surface area contributed by atoms with Crippen molar-refractivity contribution in [2.75, 3.05) is 0 Å². The predicted octanol–water partition coefficient (Wildman–Crippen LogP) is 2.78. The van der Waals surface area contributed by atoms with Gasteiger partial charge in [-0.3, -0.25) is 0 Å². The van der Waals surface area contributed by atoms with Gasteiger partial charge in [-0.2, -0.15) is 0 Å². The third-order valence-corrected chi connectivity index (χ3v) is 2.86. The summed E-state index contributed by atoms with van der Waals surface area (Å²) in [6, 6.07) is 10.5. The second kappa shape index (κ2) is 5.27. The lowest BCUT2D eigenvalue weighted by Gasteiger charge is -2.14. The summed E-state index contributed by atoms with van der Waals surface area (Å²) >= 11 is 6.03. The fraction of sp³-hybridized carbons (Fsp3) is 0.417. The van der Waals surface area contributed by atoms with E-state index in [-0.39, 0.29) is 11.4 Å². The van der Waals surface area contributed by atoms with Crippen LogP contribution in [0, 0.1) is 0 Å². The second-order valence-electron chi connectivity index (χ2n) is 4.14. The van der Waals surface area contributed by atoms with Gasteiger partial charge in [0.15, 0.2) is 5.82 Å². The Kier molecular flexibility index (Phi) is 3.74. The van der Waals surface area contributed by atoms with Crippen molar-refractivity contribution >= 4 is 11.6 Å². The average Bonchev–Trinajstić information content (AvgIpc) is 2.79. The lowest BCUT2D eigenvalue weighted by Crippen LogP contribution is -2.14. The van der Waals surface area contributed by atoms with E-state index < -0.39 is 0 Å². The van der Waals surface area contributed by atoms with Gasteiger partial charge < -0.3 is 0 Å². The van der Waals surface area contributed by atoms with Gasteiger partial charge in [-0.1, -0.05) is 30.3 Å². The van der Waals surface area contributed by atoms with E-state index >= 15 is 0 Å². The maximum Gasteiger partial charge on any atom is 0.169 e. The zero-order valence-corrected chi connectivity index (χ0v) is 10.7. The van der Waals surface area contributed by atoms with Crippen LogP contribution in [0.15, 0.2) is 30.3 Å². The fourth-order valence-corrected chi connectivity index (χ4v) is 1.96. The molecular weight excluding hydrogens is 236 g/mol. The minimum Gasteiger partial charge on any atom is -0.225 e. The van der Waals surface area contributed by atoms with E-state index in [0.717, 1.165) is 12.2 Å². The Morgan fingerprint density at radius 2 is 1.94 bits per heavy atom. The number of nitrogens with zero attached hydrogens (tertiary/aromatic N) is 4. The van der Waals surface area contributed by atoms with E-state index in [1.54, 1.807) is 4.68 Å². The van der Waals surface area contributed by atoms with Crippen molar-refractivity contribution in [3.63, 3.8) is 0 Å². The lowest BCUT2D eigenvalue weighted by molar-refractivity contribution is 0.457. The first kappa shape index (κ1) is 12.0. The topological polar surface area (TPSA) is 43.6 Å². The summed E-state index contributed by atoms with van der Waals surface area (Å²) in [4.78, 5) is 0. The van der Waals surface area contributed by atoms with Crippen molar-refractivity contribution in [1.29, 1.82) is 0 Å². The maximum absolute atomic E-state index is 6.03. The summed E-state index contributed by atoms with van der Waals surface area (Å²) in [6.45, 7) is 3.96. The van der Waals surface area contributed by atoms with Crippen molar-refractivity contribution in [3.8, 4) is 0 Å². The molecule has 90 valence electrons. The van der Waals surface area contributed by atoms with Gasteiger partial charge >= 0.3 is 0 Å². The highest BCUT2D eigenvalue weighted by atomic mass is 35.5. The van der Waals surface area contributed by atoms with E-state index in [0.29, 0.717) is 0 Å². The number of aromatic nitrogens is 4. The molecule has 1 aromatic heterocycles. The molecule has 0 bridgehead atoms. The van der Waals surface area contributed by atoms with Crippen LogP contribution in [0.5, 0.6) is 0 Å². The first-order chi connectivity index (χ1) is 8.18. The summed E-state index contributed by atoms with van der Waals surface area (Å²) in [5, 5.41) is 11.5. The molecule has 0 spiro atoms. The predicted molar refractivity (Wildman–Crippen MR) is 66.9 cm³/mol. The molecule has 0 amide bonds. The van der Waals surface area contributed by atoms with Gasteiger partial charge in [0.1, 0.15) is 0 Å². The molecular formula is C12H15ClN4. The first-order valence-electron chi connectivity index (χ1n) is 5.64. The molecule has 17 heavy (non-hydrogen) atoms. The Morgan fingerprint density at radius 1 is 1.24 bits per heavy atom. The molecule has 5 heteroatoms. The molecule has 1 aromatic carbocycles. The van der Waals surface area contributed by atoms with E-state index in [9.17, 15) is 0 Å². The van der Waals surface area contributed by atoms with Crippen LogP contribution in [-0.2, 0) is 6.42 Å². The average molecular weight is 251 g/mol. The number of hydrogen-bond acceptors (Lipinski definition) is 3. The molecule has 0 aliphatic heterocycles. The van der Waals surface area contributed by atoms with E-state index in [2.05, 4.69) is 34.6 Å². The van der Waals surface area contributed by atoms with Gasteiger partial charge in [-0.15, -0.1) is 16.7 Å². The van der Waals surface area contributed by atoms with Crippen molar-refractivity contribution < 1.29 is 0 Å². The quantitative estimate of drug-likeness (QED) is 0.784. The summed E-state index contributed by atoms with van der Waals surface area (Å²) in [5.74, 6) is 0.718. The van der Waals surface area contributed by atoms with Gasteiger partial charge in [-0.25, -0.2) is 4.68 Å². The molecule has 0 aliphatic carbocycles. The van der Waals surface area contributed by atoms with Gasteiger partial charge in [0.05, 0.1) is 11.4 Å². The number of tetrazole rings is 1. The second-order valence-corrected chi connectivity index (χ2v) is 4.79. The van der Waals surface area contributed by atoms with Crippen LogP contribution < -0.4 is 0 Å². The molecule has 0 fully saturated rings. The highest BCUT2D eigenvalue weighted by Gasteiger charge is 2.16. The molecule has 2 rings (SSSR count). The van der Waals surface area contributed by atoms with E-state index in [1.165, 1.54) is 5.56 Å². The molecule has 0 aliphatic rings. The summed E-state index contributed by atoms with van der Waals surface area (Å²) in [7, 11) is 0. The maximum atomic E-state index is 6.03. The van der Waals surface area contributed by atoms with Crippen LogP contribution in [0.1, 0.15) is 36.7 Å². The summed E-state index contributed by atoms with van der Waals surface area (Å²) < 4.78 is 1.80. The Balaban J connectivity index is 2.15. The number of alkyl halides is 1. The largest absolute Gasteiger partial charge is 0.225 e. The minimum absolute atomic E-state index is 0.178. The SMILES string of the molecule is CC(Cl)c1nnnn1C(C)Cc1ccccc1. The number of hydrogen-bond donors (Lipinski definition) is 0. The molecule has 4 nitrogen and oxygen atoms in total. The zero-order chi connectivity index (χ0) is 12.3. The third kappa shape index (κ3) is 2.82. The van der Waals surface area contributed by atoms with Gasteiger partial charge in [0.25, 0.3) is 0 Å². The highest BCUT2D eigenvalue weighted by Crippen LogP contribution is 2.20. The molecule has 2 atom stereocenters. The Bertz CT molecular complexity index is 466. The lowest BCUT2D eigenvalue weighted by atomic mass is 10.1. The molecule has 2 unspecified atom stereocenters. The highest BCUT2D eigenvalue weighted by molar-refractivity contribution is 6.20. The summed E-state index contributed by atoms with van der Waals surface area (Å²) in [6.07, 6.45) is 0.891. The molecule has 1 heterocycles. The van der Waals surface area contributed by atoms with Crippen LogP contribution >= 0.6 is 11.6 Å². The van der Waals surface area contributed by atoms with Crippen LogP contribution in [0.3, 0.4) is 0 Å². The van der Waals surface area contributed by atoms with Crippen LogP contribution in [-0.4, -0.2) is 20.2 Å².